The van der Waals surface area contributed by atoms with Gasteiger partial charge >= 0.3 is 0 Å². The largest absolute Gasteiger partial charge is 0.311 e. The number of nitrogens with one attached hydrogen (secondary N) is 1. The van der Waals surface area contributed by atoms with Gasteiger partial charge < -0.3 is 4.90 Å². The van der Waals surface area contributed by atoms with Gasteiger partial charge in [-0.15, -0.1) is 0 Å². The molecule has 2 heterocycles. The molecule has 1 N–H and O–H groups in total. The van der Waals surface area contributed by atoms with Crippen molar-refractivity contribution in [3.05, 3.63) is 76.1 Å². The number of fused-ring (bicyclic) bond motifs is 1. The zero-order valence-corrected chi connectivity index (χ0v) is 14.3. The van der Waals surface area contributed by atoms with Gasteiger partial charge in [-0.2, -0.15) is 5.26 Å². The van der Waals surface area contributed by atoms with Gasteiger partial charge in [-0.3, -0.25) is 9.78 Å². The maximum atomic E-state index is 12.8. The number of nitrogens with zero attached hydrogens (tertiary/aromatic N) is 3. The monoisotopic (exact) mass is 342 g/mol. The summed E-state index contributed by atoms with van der Waals surface area (Å²) < 4.78 is 0. The van der Waals surface area contributed by atoms with E-state index in [2.05, 4.69) is 22.0 Å². The first kappa shape index (κ1) is 16.1. The Labute approximate surface area is 151 Å². The second-order valence-electron chi connectivity index (χ2n) is 6.27. The average molecular weight is 342 g/mol. The first-order chi connectivity index (χ1) is 12.8. The summed E-state index contributed by atoms with van der Waals surface area (Å²) in [5.74, 6) is 0.555. The minimum absolute atomic E-state index is 0.173. The zero-order valence-electron chi connectivity index (χ0n) is 14.3. The SMILES string of the molecule is N#CCCc1c(-c2ccccc2)nc(N2CCc3ccccc32)[nH]c1=O. The molecule has 0 aliphatic carbocycles. The summed E-state index contributed by atoms with van der Waals surface area (Å²) >= 11 is 0. The Kier molecular flexibility index (Phi) is 4.24. The van der Waals surface area contributed by atoms with Crippen molar-refractivity contribution in [1.29, 1.82) is 5.26 Å². The number of nitriles is 1. The summed E-state index contributed by atoms with van der Waals surface area (Å²) in [6.07, 6.45) is 1.60. The summed E-state index contributed by atoms with van der Waals surface area (Å²) in [7, 11) is 0. The number of rotatable bonds is 4. The summed E-state index contributed by atoms with van der Waals surface area (Å²) in [4.78, 5) is 22.6. The van der Waals surface area contributed by atoms with Crippen molar-refractivity contribution in [3.63, 3.8) is 0 Å². The highest BCUT2D eigenvalue weighted by molar-refractivity contribution is 5.69. The quantitative estimate of drug-likeness (QED) is 0.786. The number of anilines is 2. The Balaban J connectivity index is 1.85. The molecule has 0 atom stereocenters. The van der Waals surface area contributed by atoms with Gasteiger partial charge in [0, 0.05) is 29.8 Å². The van der Waals surface area contributed by atoms with Crippen LogP contribution in [0.5, 0.6) is 0 Å². The van der Waals surface area contributed by atoms with Crippen molar-refractivity contribution < 1.29 is 0 Å². The summed E-state index contributed by atoms with van der Waals surface area (Å²) in [5.41, 5.74) is 4.27. The van der Waals surface area contributed by atoms with E-state index in [1.807, 2.05) is 48.5 Å². The predicted octanol–water partition coefficient (Wildman–Crippen LogP) is 3.59. The second kappa shape index (κ2) is 6.85. The lowest BCUT2D eigenvalue weighted by Gasteiger charge is -2.19. The molecule has 3 aromatic rings. The molecule has 1 aliphatic rings. The van der Waals surface area contributed by atoms with E-state index in [1.165, 1.54) is 5.56 Å². The zero-order chi connectivity index (χ0) is 17.9. The van der Waals surface area contributed by atoms with Gasteiger partial charge in [0.05, 0.1) is 11.8 Å². The third-order valence-corrected chi connectivity index (χ3v) is 4.68. The van der Waals surface area contributed by atoms with Gasteiger partial charge in [-0.25, -0.2) is 4.98 Å². The van der Waals surface area contributed by atoms with Crippen molar-refractivity contribution in [1.82, 2.24) is 9.97 Å². The van der Waals surface area contributed by atoms with E-state index < -0.39 is 0 Å². The van der Waals surface area contributed by atoms with E-state index in [4.69, 9.17) is 10.2 Å². The van der Waals surface area contributed by atoms with Crippen molar-refractivity contribution >= 4 is 11.6 Å². The number of benzene rings is 2. The molecule has 0 unspecified atom stereocenters. The van der Waals surface area contributed by atoms with Gasteiger partial charge in [-0.1, -0.05) is 48.5 Å². The normalized spacial score (nSPS) is 12.7. The van der Waals surface area contributed by atoms with Crippen LogP contribution >= 0.6 is 0 Å². The molecule has 0 amide bonds. The molecular weight excluding hydrogens is 324 g/mol. The number of H-pyrrole nitrogens is 1. The Morgan fingerprint density at radius 2 is 1.88 bits per heavy atom. The highest BCUT2D eigenvalue weighted by Crippen LogP contribution is 2.33. The Morgan fingerprint density at radius 1 is 1.12 bits per heavy atom. The van der Waals surface area contributed by atoms with Crippen molar-refractivity contribution in [2.75, 3.05) is 11.4 Å². The number of hydrogen-bond donors (Lipinski definition) is 1. The maximum Gasteiger partial charge on any atom is 0.256 e. The highest BCUT2D eigenvalue weighted by Gasteiger charge is 2.23. The van der Waals surface area contributed by atoms with Crippen LogP contribution in [0.3, 0.4) is 0 Å². The van der Waals surface area contributed by atoms with Crippen LogP contribution in [0.4, 0.5) is 11.6 Å². The van der Waals surface area contributed by atoms with Gasteiger partial charge in [-0.05, 0) is 24.5 Å². The third-order valence-electron chi connectivity index (χ3n) is 4.68. The number of para-hydroxylation sites is 1. The fourth-order valence-electron chi connectivity index (χ4n) is 3.42. The Hall–Kier alpha value is -3.39. The van der Waals surface area contributed by atoms with Crippen LogP contribution in [0.15, 0.2) is 59.4 Å². The molecule has 0 fully saturated rings. The average Bonchev–Trinajstić information content (AvgIpc) is 3.11. The first-order valence-corrected chi connectivity index (χ1v) is 8.69. The predicted molar refractivity (Wildman–Crippen MR) is 101 cm³/mol. The molecule has 0 bridgehead atoms. The molecule has 5 nitrogen and oxygen atoms in total. The smallest absolute Gasteiger partial charge is 0.256 e. The molecule has 1 aliphatic heterocycles. The third kappa shape index (κ3) is 2.86. The van der Waals surface area contributed by atoms with Gasteiger partial charge in [0.25, 0.3) is 5.56 Å². The molecule has 0 saturated heterocycles. The standard InChI is InChI=1S/C21H18N4O/c22-13-6-10-17-19(16-8-2-1-3-9-16)23-21(24-20(17)26)25-14-12-15-7-4-5-11-18(15)25/h1-5,7-9,11H,6,10,12,14H2,(H,23,24,26). The molecule has 1 aromatic heterocycles. The Morgan fingerprint density at radius 3 is 2.69 bits per heavy atom. The van der Waals surface area contributed by atoms with Crippen LogP contribution in [0.2, 0.25) is 0 Å². The Bertz CT molecular complexity index is 1030. The minimum atomic E-state index is -0.173. The molecule has 128 valence electrons. The lowest BCUT2D eigenvalue weighted by molar-refractivity contribution is 0.901. The minimum Gasteiger partial charge on any atom is -0.311 e. The van der Waals surface area contributed by atoms with E-state index in [9.17, 15) is 4.79 Å². The van der Waals surface area contributed by atoms with Crippen LogP contribution in [0.1, 0.15) is 17.5 Å². The van der Waals surface area contributed by atoms with Crippen LogP contribution in [0, 0.1) is 11.3 Å². The van der Waals surface area contributed by atoms with E-state index in [-0.39, 0.29) is 12.0 Å². The van der Waals surface area contributed by atoms with Crippen molar-refractivity contribution in [2.45, 2.75) is 19.3 Å². The number of aromatic amines is 1. The summed E-state index contributed by atoms with van der Waals surface area (Å²) in [6.45, 7) is 0.786. The second-order valence-corrected chi connectivity index (χ2v) is 6.27. The molecule has 0 saturated carbocycles. The molecule has 0 radical (unpaired) electrons. The fourth-order valence-corrected chi connectivity index (χ4v) is 3.42. The van der Waals surface area contributed by atoms with Gasteiger partial charge in [0.1, 0.15) is 0 Å². The van der Waals surface area contributed by atoms with Crippen LogP contribution in [0.25, 0.3) is 11.3 Å². The first-order valence-electron chi connectivity index (χ1n) is 8.69. The summed E-state index contributed by atoms with van der Waals surface area (Å²) in [6, 6.07) is 20.0. The molecule has 2 aromatic carbocycles. The highest BCUT2D eigenvalue weighted by atomic mass is 16.1. The van der Waals surface area contributed by atoms with E-state index in [1.54, 1.807) is 0 Å². The number of hydrogen-bond acceptors (Lipinski definition) is 4. The topological polar surface area (TPSA) is 72.8 Å². The molecule has 5 heteroatoms. The summed E-state index contributed by atoms with van der Waals surface area (Å²) in [5, 5.41) is 8.93. The maximum absolute atomic E-state index is 12.8. The number of aromatic nitrogens is 2. The molecule has 4 rings (SSSR count). The van der Waals surface area contributed by atoms with Gasteiger partial charge in [0.2, 0.25) is 5.95 Å². The van der Waals surface area contributed by atoms with Crippen molar-refractivity contribution in [3.8, 4) is 17.3 Å². The fraction of sp³-hybridized carbons (Fsp3) is 0.190. The van der Waals surface area contributed by atoms with Crippen LogP contribution in [-0.2, 0) is 12.8 Å². The van der Waals surface area contributed by atoms with E-state index in [0.29, 0.717) is 23.6 Å². The van der Waals surface area contributed by atoms with E-state index in [0.717, 1.165) is 24.2 Å². The lowest BCUT2D eigenvalue weighted by Crippen LogP contribution is -2.24. The van der Waals surface area contributed by atoms with Gasteiger partial charge in [0.15, 0.2) is 0 Å². The van der Waals surface area contributed by atoms with Crippen molar-refractivity contribution in [2.24, 2.45) is 0 Å². The van der Waals surface area contributed by atoms with Crippen LogP contribution < -0.4 is 10.5 Å². The lowest BCUT2D eigenvalue weighted by atomic mass is 10.0. The molecular formula is C21H18N4O. The van der Waals surface area contributed by atoms with Crippen LogP contribution in [-0.4, -0.2) is 16.5 Å². The van der Waals surface area contributed by atoms with E-state index >= 15 is 0 Å². The molecule has 26 heavy (non-hydrogen) atoms. The molecule has 0 spiro atoms.